The molecular formula is C18H20ClN3O3. The van der Waals surface area contributed by atoms with Gasteiger partial charge in [-0.2, -0.15) is 0 Å². The Morgan fingerprint density at radius 1 is 1.16 bits per heavy atom. The average Bonchev–Trinajstić information content (AvgIpc) is 2.64. The molecule has 2 aliphatic heterocycles. The Labute approximate surface area is 151 Å². The molecule has 7 heteroatoms. The van der Waals surface area contributed by atoms with Crippen LogP contribution in [0.15, 0.2) is 30.7 Å². The summed E-state index contributed by atoms with van der Waals surface area (Å²) in [5.74, 6) is 2.00. The molecule has 1 fully saturated rings. The van der Waals surface area contributed by atoms with E-state index in [2.05, 4.69) is 14.9 Å². The zero-order valence-electron chi connectivity index (χ0n) is 13.9. The van der Waals surface area contributed by atoms with Gasteiger partial charge < -0.3 is 14.2 Å². The van der Waals surface area contributed by atoms with Crippen LogP contribution >= 0.6 is 11.6 Å². The smallest absolute Gasteiger partial charge is 0.232 e. The molecule has 0 spiro atoms. The number of aromatic nitrogens is 2. The molecular weight excluding hydrogens is 342 g/mol. The van der Waals surface area contributed by atoms with E-state index in [-0.39, 0.29) is 6.10 Å². The number of ether oxygens (including phenoxy) is 3. The van der Waals surface area contributed by atoms with E-state index in [0.717, 1.165) is 43.8 Å². The predicted octanol–water partition coefficient (Wildman–Crippen LogP) is 2.94. The van der Waals surface area contributed by atoms with Crippen LogP contribution in [0.4, 0.5) is 0 Å². The van der Waals surface area contributed by atoms with Gasteiger partial charge in [0, 0.05) is 32.0 Å². The number of halogens is 1. The van der Waals surface area contributed by atoms with E-state index in [4.69, 9.17) is 25.8 Å². The first-order chi connectivity index (χ1) is 12.3. The minimum Gasteiger partial charge on any atom is -0.486 e. The fourth-order valence-corrected chi connectivity index (χ4v) is 3.50. The van der Waals surface area contributed by atoms with E-state index in [1.165, 1.54) is 0 Å². The van der Waals surface area contributed by atoms with Gasteiger partial charge in [0.25, 0.3) is 0 Å². The van der Waals surface area contributed by atoms with Gasteiger partial charge in [-0.1, -0.05) is 11.6 Å². The fraction of sp³-hybridized carbons (Fsp3) is 0.444. The van der Waals surface area contributed by atoms with Gasteiger partial charge in [-0.25, -0.2) is 4.98 Å². The second-order valence-electron chi connectivity index (χ2n) is 6.24. The largest absolute Gasteiger partial charge is 0.486 e. The van der Waals surface area contributed by atoms with Gasteiger partial charge in [-0.3, -0.25) is 9.88 Å². The standard InChI is InChI=1S/C18H20ClN3O3/c19-15-9-13(10-16-18(15)24-8-7-23-16)12-22-5-1-14(2-6-22)25-17-11-20-3-4-21-17/h3-4,9-11,14H,1-2,5-8,12H2. The molecule has 0 N–H and O–H groups in total. The molecule has 1 saturated heterocycles. The van der Waals surface area contributed by atoms with Crippen molar-refractivity contribution in [3.8, 4) is 17.4 Å². The highest BCUT2D eigenvalue weighted by atomic mass is 35.5. The SMILES string of the molecule is Clc1cc(CN2CCC(Oc3cnccn3)CC2)cc2c1OCCO2. The Morgan fingerprint density at radius 2 is 2.00 bits per heavy atom. The molecule has 2 aromatic rings. The number of nitrogens with zero attached hydrogens (tertiary/aromatic N) is 3. The number of piperidine rings is 1. The Kier molecular flexibility index (Phi) is 4.90. The van der Waals surface area contributed by atoms with Crippen molar-refractivity contribution in [2.45, 2.75) is 25.5 Å². The maximum absolute atomic E-state index is 6.32. The molecule has 0 aliphatic carbocycles. The van der Waals surface area contributed by atoms with Gasteiger partial charge in [0.1, 0.15) is 19.3 Å². The Hall–Kier alpha value is -2.05. The molecule has 0 amide bonds. The Morgan fingerprint density at radius 3 is 2.80 bits per heavy atom. The van der Waals surface area contributed by atoms with Gasteiger partial charge in [-0.05, 0) is 30.5 Å². The third-order valence-corrected chi connectivity index (χ3v) is 4.71. The number of fused-ring (bicyclic) bond motifs is 1. The highest BCUT2D eigenvalue weighted by Gasteiger charge is 2.22. The van der Waals surface area contributed by atoms with Gasteiger partial charge in [0.15, 0.2) is 11.5 Å². The van der Waals surface area contributed by atoms with E-state index < -0.39 is 0 Å². The third kappa shape index (κ3) is 3.96. The van der Waals surface area contributed by atoms with Crippen LogP contribution in [0.2, 0.25) is 5.02 Å². The maximum Gasteiger partial charge on any atom is 0.232 e. The summed E-state index contributed by atoms with van der Waals surface area (Å²) in [6.07, 6.45) is 7.08. The van der Waals surface area contributed by atoms with Crippen molar-refractivity contribution in [1.29, 1.82) is 0 Å². The van der Waals surface area contributed by atoms with Crippen LogP contribution in [0, 0.1) is 0 Å². The number of hydrogen-bond donors (Lipinski definition) is 0. The summed E-state index contributed by atoms with van der Waals surface area (Å²) in [6.45, 7) is 3.89. The van der Waals surface area contributed by atoms with Gasteiger partial charge >= 0.3 is 0 Å². The molecule has 0 unspecified atom stereocenters. The molecule has 0 saturated carbocycles. The summed E-state index contributed by atoms with van der Waals surface area (Å²) in [6, 6.07) is 4.00. The number of benzene rings is 1. The molecule has 132 valence electrons. The van der Waals surface area contributed by atoms with Crippen LogP contribution in [0.3, 0.4) is 0 Å². The monoisotopic (exact) mass is 361 g/mol. The van der Waals surface area contributed by atoms with E-state index in [0.29, 0.717) is 29.9 Å². The van der Waals surface area contributed by atoms with Crippen molar-refractivity contribution in [2.24, 2.45) is 0 Å². The average molecular weight is 362 g/mol. The van der Waals surface area contributed by atoms with Crippen LogP contribution in [0.25, 0.3) is 0 Å². The molecule has 4 rings (SSSR count). The summed E-state index contributed by atoms with van der Waals surface area (Å²) >= 11 is 6.32. The quantitative estimate of drug-likeness (QED) is 0.834. The lowest BCUT2D eigenvalue weighted by molar-refractivity contribution is 0.0927. The summed E-state index contributed by atoms with van der Waals surface area (Å²) in [7, 11) is 0. The fourth-order valence-electron chi connectivity index (χ4n) is 3.22. The molecule has 2 aliphatic rings. The lowest BCUT2D eigenvalue weighted by Crippen LogP contribution is -2.37. The first-order valence-electron chi connectivity index (χ1n) is 8.51. The first kappa shape index (κ1) is 16.4. The first-order valence-corrected chi connectivity index (χ1v) is 8.89. The molecule has 1 aromatic carbocycles. The van der Waals surface area contributed by atoms with Crippen LogP contribution in [-0.4, -0.2) is 47.3 Å². The minimum absolute atomic E-state index is 0.191. The van der Waals surface area contributed by atoms with Crippen molar-refractivity contribution >= 4 is 11.6 Å². The zero-order chi connectivity index (χ0) is 17.1. The van der Waals surface area contributed by atoms with Crippen LogP contribution in [0.5, 0.6) is 17.4 Å². The van der Waals surface area contributed by atoms with E-state index in [1.807, 2.05) is 12.1 Å². The summed E-state index contributed by atoms with van der Waals surface area (Å²) < 4.78 is 17.1. The van der Waals surface area contributed by atoms with E-state index in [9.17, 15) is 0 Å². The number of likely N-dealkylation sites (tertiary alicyclic amines) is 1. The molecule has 0 bridgehead atoms. The lowest BCUT2D eigenvalue weighted by Gasteiger charge is -2.32. The maximum atomic E-state index is 6.32. The second kappa shape index (κ2) is 7.45. The third-order valence-electron chi connectivity index (χ3n) is 4.42. The normalized spacial score (nSPS) is 18.1. The Balaban J connectivity index is 1.33. The lowest BCUT2D eigenvalue weighted by atomic mass is 10.1. The van der Waals surface area contributed by atoms with Crippen molar-refractivity contribution < 1.29 is 14.2 Å². The van der Waals surface area contributed by atoms with E-state index >= 15 is 0 Å². The van der Waals surface area contributed by atoms with Gasteiger partial charge in [0.2, 0.25) is 5.88 Å². The van der Waals surface area contributed by atoms with Crippen LogP contribution < -0.4 is 14.2 Å². The zero-order valence-corrected chi connectivity index (χ0v) is 14.6. The van der Waals surface area contributed by atoms with Gasteiger partial charge in [-0.15, -0.1) is 0 Å². The van der Waals surface area contributed by atoms with Crippen molar-refractivity contribution in [1.82, 2.24) is 14.9 Å². The van der Waals surface area contributed by atoms with Crippen molar-refractivity contribution in [3.63, 3.8) is 0 Å². The predicted molar refractivity (Wildman–Crippen MR) is 93.4 cm³/mol. The van der Waals surface area contributed by atoms with Crippen molar-refractivity contribution in [3.05, 3.63) is 41.3 Å². The highest BCUT2D eigenvalue weighted by Crippen LogP contribution is 2.38. The second-order valence-corrected chi connectivity index (χ2v) is 6.65. The highest BCUT2D eigenvalue weighted by molar-refractivity contribution is 6.32. The Bertz CT molecular complexity index is 721. The van der Waals surface area contributed by atoms with Crippen LogP contribution in [0.1, 0.15) is 18.4 Å². The topological polar surface area (TPSA) is 56.7 Å². The molecule has 25 heavy (non-hydrogen) atoms. The number of rotatable bonds is 4. The number of hydrogen-bond acceptors (Lipinski definition) is 6. The summed E-state index contributed by atoms with van der Waals surface area (Å²) in [5, 5.41) is 0.619. The molecule has 3 heterocycles. The van der Waals surface area contributed by atoms with E-state index in [1.54, 1.807) is 18.6 Å². The van der Waals surface area contributed by atoms with Crippen molar-refractivity contribution in [2.75, 3.05) is 26.3 Å². The molecule has 6 nitrogen and oxygen atoms in total. The summed E-state index contributed by atoms with van der Waals surface area (Å²) in [4.78, 5) is 10.6. The van der Waals surface area contributed by atoms with Crippen LogP contribution in [-0.2, 0) is 6.54 Å². The summed E-state index contributed by atoms with van der Waals surface area (Å²) in [5.41, 5.74) is 1.14. The van der Waals surface area contributed by atoms with Gasteiger partial charge in [0.05, 0.1) is 11.2 Å². The molecule has 0 radical (unpaired) electrons. The molecule has 1 aromatic heterocycles. The molecule has 0 atom stereocenters. The minimum atomic E-state index is 0.191.